The van der Waals surface area contributed by atoms with Crippen LogP contribution >= 0.6 is 23.2 Å². The Morgan fingerprint density at radius 1 is 1.44 bits per heavy atom. The molecule has 0 aromatic carbocycles. The second-order valence-corrected chi connectivity index (χ2v) is 1.99. The van der Waals surface area contributed by atoms with E-state index in [4.69, 9.17) is 28.3 Å². The van der Waals surface area contributed by atoms with Gasteiger partial charge in [0.05, 0.1) is 0 Å². The van der Waals surface area contributed by atoms with Gasteiger partial charge in [0, 0.05) is 0 Å². The lowest BCUT2D eigenvalue weighted by Crippen LogP contribution is -2.17. The number of carbonyl (C=O) groups excluding carboxylic acids is 1. The summed E-state index contributed by atoms with van der Waals surface area (Å²) in [5, 5.41) is 6.42. The predicted molar refractivity (Wildman–Crippen MR) is 29.2 cm³/mol. The zero-order valence-corrected chi connectivity index (χ0v) is 5.52. The van der Waals surface area contributed by atoms with Gasteiger partial charge in [0.15, 0.2) is 0 Å². The van der Waals surface area contributed by atoms with Crippen LogP contribution in [-0.4, -0.2) is 22.1 Å². The van der Waals surface area contributed by atoms with Crippen LogP contribution in [0.1, 0.15) is 0 Å². The topological polar surface area (TPSA) is 63.6 Å². The molecule has 0 aliphatic carbocycles. The van der Waals surface area contributed by atoms with Crippen molar-refractivity contribution in [3.8, 4) is 0 Å². The van der Waals surface area contributed by atoms with E-state index in [0.717, 1.165) is 0 Å². The van der Waals surface area contributed by atoms with Crippen LogP contribution in [0.5, 0.6) is 0 Å². The highest BCUT2D eigenvalue weighted by molar-refractivity contribution is 6.44. The van der Waals surface area contributed by atoms with Gasteiger partial charge in [0.25, 0.3) is 5.02 Å². The minimum atomic E-state index is -1.72. The second-order valence-electron chi connectivity index (χ2n) is 0.971. The number of esters is 1. The molecule has 1 N–H and O–H groups in total. The molecule has 9 heavy (non-hydrogen) atoms. The maximum Gasteiger partial charge on any atom is 0.419 e. The molecule has 52 valence electrons. The third-order valence-corrected chi connectivity index (χ3v) is 0.549. The minimum Gasteiger partial charge on any atom is -0.473 e. The molecule has 0 fully saturated rings. The number of halogens is 2. The van der Waals surface area contributed by atoms with E-state index in [-0.39, 0.29) is 0 Å². The largest absolute Gasteiger partial charge is 0.473 e. The molecule has 0 aliphatic rings. The van der Waals surface area contributed by atoms with Gasteiger partial charge in [-0.1, -0.05) is 23.2 Å². The zero-order chi connectivity index (χ0) is 7.44. The zero-order valence-electron chi connectivity index (χ0n) is 4.01. The third-order valence-electron chi connectivity index (χ3n) is 0.371. The van der Waals surface area contributed by atoms with Crippen molar-refractivity contribution in [1.82, 2.24) is 0 Å². The van der Waals surface area contributed by atoms with Gasteiger partial charge in [0.1, 0.15) is 0 Å². The Hall–Kier alpha value is -0.480. The van der Waals surface area contributed by atoms with Crippen molar-refractivity contribution < 1.29 is 19.4 Å². The van der Waals surface area contributed by atoms with Crippen LogP contribution in [0.4, 0.5) is 0 Å². The number of hydrogen-bond acceptors (Lipinski definition) is 3. The fourth-order valence-corrected chi connectivity index (χ4v) is 0.293. The first-order valence-corrected chi connectivity index (χ1v) is 2.63. The first-order chi connectivity index (χ1) is 4.04. The summed E-state index contributed by atoms with van der Waals surface area (Å²) in [6, 6.07) is 0. The molecule has 6 heteroatoms. The van der Waals surface area contributed by atoms with Gasteiger partial charge >= 0.3 is 11.9 Å². The summed E-state index contributed by atoms with van der Waals surface area (Å²) in [6.45, 7) is 0. The molecule has 0 atom stereocenters. The molecule has 0 amide bonds. The molecular weight excluding hydrogens is 171 g/mol. The number of carboxylic acids is 1. The van der Waals surface area contributed by atoms with Crippen LogP contribution < -0.4 is 0 Å². The van der Waals surface area contributed by atoms with Crippen molar-refractivity contribution in [2.24, 2.45) is 0 Å². The van der Waals surface area contributed by atoms with E-state index in [0.29, 0.717) is 0 Å². The average molecular weight is 173 g/mol. The maximum absolute atomic E-state index is 9.96. The summed E-state index contributed by atoms with van der Waals surface area (Å²) in [7, 11) is 0. The number of rotatable bonds is 1. The fourth-order valence-electron chi connectivity index (χ4n) is 0.131. The molecule has 0 rings (SSSR count). The minimum absolute atomic E-state index is 1.42. The van der Waals surface area contributed by atoms with Crippen molar-refractivity contribution in [3.63, 3.8) is 0 Å². The molecule has 0 unspecified atom stereocenters. The Kier molecular flexibility index (Phi) is 3.34. The van der Waals surface area contributed by atoms with Crippen LogP contribution in [0.3, 0.4) is 0 Å². The molecule has 4 nitrogen and oxygen atoms in total. The lowest BCUT2D eigenvalue weighted by atomic mass is 10.7. The molecule has 0 aromatic heterocycles. The van der Waals surface area contributed by atoms with Gasteiger partial charge in [-0.15, -0.1) is 0 Å². The molecular formula is C3H2Cl2O4. The van der Waals surface area contributed by atoms with Gasteiger partial charge in [-0.2, -0.15) is 0 Å². The molecule has 0 spiro atoms. The molecule has 0 saturated carbocycles. The first-order valence-electron chi connectivity index (χ1n) is 1.76. The standard InChI is InChI=1S/C3H2Cl2O4/c4-3(5)9-2(8)1(6)7/h3H,(H,6,7). The number of aliphatic carboxylic acids is 1. The lowest BCUT2D eigenvalue weighted by molar-refractivity contribution is -0.163. The molecule has 0 aromatic rings. The highest BCUT2D eigenvalue weighted by atomic mass is 35.5. The SMILES string of the molecule is O=C(O)C(=O)OC(Cl)Cl. The van der Waals surface area contributed by atoms with E-state index >= 15 is 0 Å². The van der Waals surface area contributed by atoms with Crippen LogP contribution in [0.15, 0.2) is 0 Å². The van der Waals surface area contributed by atoms with E-state index in [1.807, 2.05) is 0 Å². The predicted octanol–water partition coefficient (Wildman–Crippen LogP) is 0.375. The van der Waals surface area contributed by atoms with E-state index in [2.05, 4.69) is 4.74 Å². The fraction of sp³-hybridized carbons (Fsp3) is 0.333. The number of alkyl halides is 2. The Labute approximate surface area is 60.3 Å². The smallest absolute Gasteiger partial charge is 0.419 e. The van der Waals surface area contributed by atoms with Crippen LogP contribution in [0.25, 0.3) is 0 Å². The quantitative estimate of drug-likeness (QED) is 0.353. The normalized spacial score (nSPS) is 9.22. The third kappa shape index (κ3) is 4.05. The van der Waals surface area contributed by atoms with Gasteiger partial charge in [0.2, 0.25) is 0 Å². The van der Waals surface area contributed by atoms with Crippen molar-refractivity contribution in [3.05, 3.63) is 0 Å². The van der Waals surface area contributed by atoms with Gasteiger partial charge < -0.3 is 9.84 Å². The van der Waals surface area contributed by atoms with Gasteiger partial charge in [-0.3, -0.25) is 0 Å². The summed E-state index contributed by atoms with van der Waals surface area (Å²) < 4.78 is 3.80. The Balaban J connectivity index is 3.65. The summed E-state index contributed by atoms with van der Waals surface area (Å²) in [6.07, 6.45) is 0. The molecule has 0 radical (unpaired) electrons. The van der Waals surface area contributed by atoms with E-state index in [9.17, 15) is 9.59 Å². The van der Waals surface area contributed by atoms with Crippen LogP contribution in [-0.2, 0) is 14.3 Å². The molecule has 0 heterocycles. The molecule has 0 saturated heterocycles. The molecule has 0 bridgehead atoms. The van der Waals surface area contributed by atoms with Crippen LogP contribution in [0, 0.1) is 0 Å². The van der Waals surface area contributed by atoms with Crippen molar-refractivity contribution in [1.29, 1.82) is 0 Å². The Morgan fingerprint density at radius 2 is 1.89 bits per heavy atom. The van der Waals surface area contributed by atoms with E-state index in [1.54, 1.807) is 0 Å². The average Bonchev–Trinajstić information content (AvgIpc) is 1.63. The Morgan fingerprint density at radius 3 is 2.00 bits per heavy atom. The summed E-state index contributed by atoms with van der Waals surface area (Å²) in [5.74, 6) is -3.19. The first kappa shape index (κ1) is 8.52. The summed E-state index contributed by atoms with van der Waals surface area (Å²) in [5.41, 5.74) is 0. The summed E-state index contributed by atoms with van der Waals surface area (Å²) >= 11 is 9.75. The number of ether oxygens (including phenoxy) is 1. The maximum atomic E-state index is 9.96. The monoisotopic (exact) mass is 172 g/mol. The highest BCUT2D eigenvalue weighted by Gasteiger charge is 2.15. The van der Waals surface area contributed by atoms with E-state index in [1.165, 1.54) is 0 Å². The van der Waals surface area contributed by atoms with Gasteiger partial charge in [-0.05, 0) is 0 Å². The highest BCUT2D eigenvalue weighted by Crippen LogP contribution is 2.02. The summed E-state index contributed by atoms with van der Waals surface area (Å²) in [4.78, 5) is 19.6. The van der Waals surface area contributed by atoms with Crippen LogP contribution in [0.2, 0.25) is 0 Å². The number of hydrogen-bond donors (Lipinski definition) is 1. The lowest BCUT2D eigenvalue weighted by Gasteiger charge is -1.98. The van der Waals surface area contributed by atoms with Gasteiger partial charge in [-0.25, -0.2) is 9.59 Å². The van der Waals surface area contributed by atoms with E-state index < -0.39 is 17.0 Å². The second kappa shape index (κ2) is 3.53. The van der Waals surface area contributed by atoms with Crippen molar-refractivity contribution in [2.75, 3.05) is 0 Å². The molecule has 0 aliphatic heterocycles. The van der Waals surface area contributed by atoms with Crippen molar-refractivity contribution in [2.45, 2.75) is 5.02 Å². The van der Waals surface area contributed by atoms with Crippen molar-refractivity contribution >= 4 is 35.1 Å². The number of carbonyl (C=O) groups is 2. The Bertz CT molecular complexity index is 132. The number of carboxylic acid groups (broad SMARTS) is 1.